The number of allylic oxidation sites excluding steroid dienone is 1. The first-order valence-electron chi connectivity index (χ1n) is 8.01. The normalized spacial score (nSPS) is 20.9. The lowest BCUT2D eigenvalue weighted by Gasteiger charge is -2.22. The van der Waals surface area contributed by atoms with E-state index in [2.05, 4.69) is 41.2 Å². The van der Waals surface area contributed by atoms with Crippen LogP contribution in [0.2, 0.25) is 0 Å². The molecular weight excluding hydrogens is 248 g/mol. The minimum atomic E-state index is 0.112. The molecule has 0 fully saturated rings. The van der Waals surface area contributed by atoms with Gasteiger partial charge in [-0.15, -0.1) is 0 Å². The molecular formula is C16H28N4. The van der Waals surface area contributed by atoms with Gasteiger partial charge < -0.3 is 0 Å². The highest BCUT2D eigenvalue weighted by atomic mass is 15.3. The average molecular weight is 276 g/mol. The minimum absolute atomic E-state index is 0.112. The molecule has 1 heterocycles. The van der Waals surface area contributed by atoms with Crippen LogP contribution >= 0.6 is 0 Å². The lowest BCUT2D eigenvalue weighted by atomic mass is 9.93. The van der Waals surface area contributed by atoms with Gasteiger partial charge in [-0.05, 0) is 45.1 Å². The van der Waals surface area contributed by atoms with Crippen LogP contribution < -0.4 is 11.3 Å². The topological polar surface area (TPSA) is 55.9 Å². The zero-order valence-electron chi connectivity index (χ0n) is 12.9. The molecule has 0 amide bonds. The molecule has 0 aromatic carbocycles. The van der Waals surface area contributed by atoms with Crippen molar-refractivity contribution in [2.75, 3.05) is 0 Å². The van der Waals surface area contributed by atoms with E-state index in [0.717, 1.165) is 25.1 Å². The van der Waals surface area contributed by atoms with Crippen molar-refractivity contribution in [2.24, 2.45) is 5.84 Å². The maximum Gasteiger partial charge on any atom is 0.0838 e. The Hall–Kier alpha value is -1.13. The molecule has 0 bridgehead atoms. The predicted molar refractivity (Wildman–Crippen MR) is 83.1 cm³/mol. The van der Waals surface area contributed by atoms with Crippen molar-refractivity contribution in [1.29, 1.82) is 0 Å². The Morgan fingerprint density at radius 1 is 1.30 bits per heavy atom. The third-order valence-electron chi connectivity index (χ3n) is 4.18. The molecule has 1 aliphatic rings. The highest BCUT2D eigenvalue weighted by Gasteiger charge is 2.20. The minimum Gasteiger partial charge on any atom is -0.271 e. The first-order chi connectivity index (χ1) is 9.80. The maximum atomic E-state index is 5.87. The number of nitrogens with two attached hydrogens (primary N) is 1. The van der Waals surface area contributed by atoms with E-state index < -0.39 is 0 Å². The summed E-state index contributed by atoms with van der Waals surface area (Å²) in [7, 11) is 0. The van der Waals surface area contributed by atoms with Gasteiger partial charge in [0.25, 0.3) is 0 Å². The van der Waals surface area contributed by atoms with Crippen molar-refractivity contribution in [1.82, 2.24) is 15.2 Å². The Morgan fingerprint density at radius 3 is 2.80 bits per heavy atom. The van der Waals surface area contributed by atoms with E-state index in [4.69, 9.17) is 5.84 Å². The number of hydrogen-bond acceptors (Lipinski definition) is 3. The predicted octanol–water partition coefficient (Wildman–Crippen LogP) is 3.25. The molecule has 0 aliphatic heterocycles. The monoisotopic (exact) mass is 276 g/mol. The molecule has 3 N–H and O–H groups in total. The van der Waals surface area contributed by atoms with Gasteiger partial charge in [0.15, 0.2) is 0 Å². The second-order valence-electron chi connectivity index (χ2n) is 5.56. The quantitative estimate of drug-likeness (QED) is 0.493. The summed E-state index contributed by atoms with van der Waals surface area (Å²) in [4.78, 5) is 0. The highest BCUT2D eigenvalue weighted by Crippen LogP contribution is 2.28. The van der Waals surface area contributed by atoms with Crippen LogP contribution in [0.15, 0.2) is 17.7 Å². The molecule has 112 valence electrons. The van der Waals surface area contributed by atoms with Crippen molar-refractivity contribution < 1.29 is 0 Å². The molecule has 1 aromatic rings. The van der Waals surface area contributed by atoms with Gasteiger partial charge in [0.2, 0.25) is 0 Å². The Labute approximate surface area is 122 Å². The fourth-order valence-electron chi connectivity index (χ4n) is 3.01. The number of nitrogens with zero attached hydrogens (tertiary/aromatic N) is 2. The third-order valence-corrected chi connectivity index (χ3v) is 4.18. The van der Waals surface area contributed by atoms with Crippen LogP contribution in [0.4, 0.5) is 0 Å². The van der Waals surface area contributed by atoms with E-state index >= 15 is 0 Å². The van der Waals surface area contributed by atoms with E-state index in [9.17, 15) is 0 Å². The molecule has 2 rings (SSSR count). The summed E-state index contributed by atoms with van der Waals surface area (Å²) in [6.07, 6.45) is 10.9. The summed E-state index contributed by atoms with van der Waals surface area (Å²) in [5.74, 6) is 5.87. The zero-order valence-corrected chi connectivity index (χ0v) is 12.9. The number of aryl methyl sites for hydroxylation is 2. The fourth-order valence-corrected chi connectivity index (χ4v) is 3.01. The molecule has 20 heavy (non-hydrogen) atoms. The first kappa shape index (κ1) is 15.3. The molecule has 0 radical (unpaired) electrons. The molecule has 1 aliphatic carbocycles. The molecule has 4 nitrogen and oxygen atoms in total. The van der Waals surface area contributed by atoms with Gasteiger partial charge >= 0.3 is 0 Å². The standard InChI is InChI=1S/C16H28N4/c1-3-14-12-15(20(4-2)19-14)16(18-17)13-10-8-6-5-7-9-11-13/h10,12,16,18H,3-9,11,17H2,1-2H3/b13-10+. The summed E-state index contributed by atoms with van der Waals surface area (Å²) in [5.41, 5.74) is 6.81. The van der Waals surface area contributed by atoms with Gasteiger partial charge in [0.05, 0.1) is 17.4 Å². The number of hydrogen-bond donors (Lipinski definition) is 2. The van der Waals surface area contributed by atoms with Crippen LogP contribution in [0, 0.1) is 0 Å². The number of rotatable bonds is 5. The van der Waals surface area contributed by atoms with Crippen molar-refractivity contribution in [3.8, 4) is 0 Å². The van der Waals surface area contributed by atoms with Crippen molar-refractivity contribution in [3.63, 3.8) is 0 Å². The van der Waals surface area contributed by atoms with Gasteiger partial charge in [-0.3, -0.25) is 10.5 Å². The van der Waals surface area contributed by atoms with Gasteiger partial charge in [-0.25, -0.2) is 5.43 Å². The Kier molecular flexibility index (Phi) is 5.80. The summed E-state index contributed by atoms with van der Waals surface area (Å²) in [5, 5.41) is 4.65. The van der Waals surface area contributed by atoms with E-state index in [0.29, 0.717) is 0 Å². The smallest absolute Gasteiger partial charge is 0.0838 e. The molecule has 0 saturated heterocycles. The summed E-state index contributed by atoms with van der Waals surface area (Å²) >= 11 is 0. The third kappa shape index (κ3) is 3.49. The van der Waals surface area contributed by atoms with Crippen LogP contribution in [0.25, 0.3) is 0 Å². The summed E-state index contributed by atoms with van der Waals surface area (Å²) < 4.78 is 2.09. The number of hydrazine groups is 1. The van der Waals surface area contributed by atoms with Crippen LogP contribution in [-0.2, 0) is 13.0 Å². The molecule has 4 heteroatoms. The van der Waals surface area contributed by atoms with E-state index in [1.165, 1.54) is 43.4 Å². The Morgan fingerprint density at radius 2 is 2.10 bits per heavy atom. The Balaban J connectivity index is 2.28. The second kappa shape index (κ2) is 7.60. The van der Waals surface area contributed by atoms with E-state index in [1.54, 1.807) is 0 Å². The lowest BCUT2D eigenvalue weighted by Crippen LogP contribution is -2.31. The maximum absolute atomic E-state index is 5.87. The summed E-state index contributed by atoms with van der Waals surface area (Å²) in [6.45, 7) is 5.17. The first-order valence-corrected chi connectivity index (χ1v) is 8.01. The molecule has 1 aromatic heterocycles. The summed E-state index contributed by atoms with van der Waals surface area (Å²) in [6, 6.07) is 2.31. The van der Waals surface area contributed by atoms with Crippen LogP contribution in [-0.4, -0.2) is 9.78 Å². The van der Waals surface area contributed by atoms with Crippen LogP contribution in [0.1, 0.15) is 69.8 Å². The Bertz CT molecular complexity index is 447. The number of aromatic nitrogens is 2. The highest BCUT2D eigenvalue weighted by molar-refractivity contribution is 5.25. The second-order valence-corrected chi connectivity index (χ2v) is 5.56. The van der Waals surface area contributed by atoms with Gasteiger partial charge in [0.1, 0.15) is 0 Å². The molecule has 1 unspecified atom stereocenters. The average Bonchev–Trinajstić information content (AvgIpc) is 2.85. The number of nitrogens with one attached hydrogen (secondary N) is 1. The van der Waals surface area contributed by atoms with Crippen molar-refractivity contribution >= 4 is 0 Å². The largest absolute Gasteiger partial charge is 0.271 e. The van der Waals surface area contributed by atoms with E-state index in [-0.39, 0.29) is 6.04 Å². The molecule has 0 saturated carbocycles. The fraction of sp³-hybridized carbons (Fsp3) is 0.688. The van der Waals surface area contributed by atoms with Crippen molar-refractivity contribution in [2.45, 2.75) is 71.4 Å². The van der Waals surface area contributed by atoms with Gasteiger partial charge in [-0.1, -0.05) is 31.4 Å². The van der Waals surface area contributed by atoms with Crippen LogP contribution in [0.5, 0.6) is 0 Å². The van der Waals surface area contributed by atoms with Crippen LogP contribution in [0.3, 0.4) is 0 Å². The zero-order chi connectivity index (χ0) is 14.4. The SMILES string of the molecule is CCc1cc(C(NN)/C2=C/CCCCCC2)n(CC)n1. The molecule has 1 atom stereocenters. The lowest BCUT2D eigenvalue weighted by molar-refractivity contribution is 0.508. The van der Waals surface area contributed by atoms with Gasteiger partial charge in [-0.2, -0.15) is 5.10 Å². The molecule has 0 spiro atoms. The van der Waals surface area contributed by atoms with Gasteiger partial charge in [0, 0.05) is 6.54 Å². The van der Waals surface area contributed by atoms with Crippen molar-refractivity contribution in [3.05, 3.63) is 29.1 Å². The van der Waals surface area contributed by atoms with E-state index in [1.807, 2.05) is 0 Å².